The fourth-order valence-corrected chi connectivity index (χ4v) is 2.19. The highest BCUT2D eigenvalue weighted by Crippen LogP contribution is 2.20. The number of aryl methyl sites for hydroxylation is 1. The largest absolute Gasteiger partial charge is 0.496 e. The van der Waals surface area contributed by atoms with Crippen molar-refractivity contribution in [3.63, 3.8) is 0 Å². The van der Waals surface area contributed by atoms with E-state index in [1.165, 1.54) is 11.0 Å². The van der Waals surface area contributed by atoms with E-state index in [1.54, 1.807) is 50.6 Å². The van der Waals surface area contributed by atoms with Gasteiger partial charge in [-0.3, -0.25) is 4.79 Å². The molecule has 2 rings (SSSR count). The highest BCUT2D eigenvalue weighted by molar-refractivity contribution is 5.94. The Morgan fingerprint density at radius 3 is 2.57 bits per heavy atom. The molecule has 0 N–H and O–H groups in total. The molecule has 0 aromatic heterocycles. The highest BCUT2D eigenvalue weighted by Gasteiger charge is 2.14. The van der Waals surface area contributed by atoms with Gasteiger partial charge in [0, 0.05) is 24.7 Å². The van der Waals surface area contributed by atoms with Crippen molar-refractivity contribution in [2.24, 2.45) is 0 Å². The maximum Gasteiger partial charge on any atom is 0.253 e. The highest BCUT2D eigenvalue weighted by atomic mass is 19.1. The summed E-state index contributed by atoms with van der Waals surface area (Å²) in [6.45, 7) is 2.11. The molecule has 1 amide bonds. The minimum Gasteiger partial charge on any atom is -0.496 e. The number of hydrogen-bond donors (Lipinski definition) is 0. The van der Waals surface area contributed by atoms with Crippen LogP contribution in [0.2, 0.25) is 0 Å². The van der Waals surface area contributed by atoms with Crippen molar-refractivity contribution in [3.05, 3.63) is 65.0 Å². The van der Waals surface area contributed by atoms with E-state index in [2.05, 4.69) is 0 Å². The van der Waals surface area contributed by atoms with Crippen molar-refractivity contribution in [1.29, 1.82) is 0 Å². The van der Waals surface area contributed by atoms with E-state index in [0.717, 1.165) is 11.3 Å². The zero-order valence-corrected chi connectivity index (χ0v) is 12.4. The molecule has 21 heavy (non-hydrogen) atoms. The van der Waals surface area contributed by atoms with Gasteiger partial charge in [-0.25, -0.2) is 4.39 Å². The molecule has 0 aliphatic rings. The Kier molecular flexibility index (Phi) is 4.58. The standard InChI is InChI=1S/C17H18FNO2/c1-12-10-13(8-9-16(12)21-3)17(20)19(2)11-14-6-4-5-7-15(14)18/h4-10H,11H2,1-3H3. The molecule has 0 atom stereocenters. The molecule has 2 aromatic carbocycles. The second kappa shape index (κ2) is 6.39. The van der Waals surface area contributed by atoms with Gasteiger partial charge >= 0.3 is 0 Å². The fraction of sp³-hybridized carbons (Fsp3) is 0.235. The van der Waals surface area contributed by atoms with E-state index < -0.39 is 0 Å². The first-order valence-corrected chi connectivity index (χ1v) is 6.66. The molecule has 0 aliphatic carbocycles. The number of carbonyl (C=O) groups excluding carboxylic acids is 1. The van der Waals surface area contributed by atoms with Crippen LogP contribution in [0.15, 0.2) is 42.5 Å². The SMILES string of the molecule is COc1ccc(C(=O)N(C)Cc2ccccc2F)cc1C. The van der Waals surface area contributed by atoms with Crippen LogP contribution >= 0.6 is 0 Å². The third-order valence-electron chi connectivity index (χ3n) is 3.35. The number of hydrogen-bond acceptors (Lipinski definition) is 2. The predicted molar refractivity (Wildman–Crippen MR) is 79.9 cm³/mol. The molecular formula is C17H18FNO2. The van der Waals surface area contributed by atoms with E-state index in [0.29, 0.717) is 11.1 Å². The molecule has 4 heteroatoms. The minimum absolute atomic E-state index is 0.149. The number of nitrogens with zero attached hydrogens (tertiary/aromatic N) is 1. The lowest BCUT2D eigenvalue weighted by atomic mass is 10.1. The van der Waals surface area contributed by atoms with Crippen LogP contribution in [0.4, 0.5) is 4.39 Å². The second-order valence-corrected chi connectivity index (χ2v) is 4.94. The first kappa shape index (κ1) is 15.0. The molecule has 0 saturated heterocycles. The maximum atomic E-state index is 13.6. The van der Waals surface area contributed by atoms with Crippen molar-refractivity contribution in [1.82, 2.24) is 4.90 Å². The van der Waals surface area contributed by atoms with Crippen LogP contribution in [0.5, 0.6) is 5.75 Å². The topological polar surface area (TPSA) is 29.5 Å². The van der Waals surface area contributed by atoms with Gasteiger partial charge in [0.15, 0.2) is 0 Å². The summed E-state index contributed by atoms with van der Waals surface area (Å²) in [5.74, 6) is 0.287. The molecule has 110 valence electrons. The minimum atomic E-state index is -0.303. The third kappa shape index (κ3) is 3.40. The van der Waals surface area contributed by atoms with Gasteiger partial charge in [0.1, 0.15) is 11.6 Å². The van der Waals surface area contributed by atoms with Gasteiger partial charge in [0.05, 0.1) is 7.11 Å². The Hall–Kier alpha value is -2.36. The molecule has 0 saturated carbocycles. The number of rotatable bonds is 4. The van der Waals surface area contributed by atoms with Gasteiger partial charge in [-0.15, -0.1) is 0 Å². The normalized spacial score (nSPS) is 10.3. The first-order valence-electron chi connectivity index (χ1n) is 6.66. The number of carbonyl (C=O) groups is 1. The molecule has 0 fully saturated rings. The van der Waals surface area contributed by atoms with Crippen LogP contribution in [-0.2, 0) is 6.54 Å². The van der Waals surface area contributed by atoms with Gasteiger partial charge < -0.3 is 9.64 Å². The van der Waals surface area contributed by atoms with Crippen LogP contribution in [-0.4, -0.2) is 25.0 Å². The lowest BCUT2D eigenvalue weighted by Crippen LogP contribution is -2.26. The van der Waals surface area contributed by atoms with Crippen molar-refractivity contribution in [3.8, 4) is 5.75 Å². The first-order chi connectivity index (χ1) is 10.0. The van der Waals surface area contributed by atoms with Crippen LogP contribution in [0.1, 0.15) is 21.5 Å². The number of amides is 1. The second-order valence-electron chi connectivity index (χ2n) is 4.94. The number of methoxy groups -OCH3 is 1. The molecule has 3 nitrogen and oxygen atoms in total. The Morgan fingerprint density at radius 2 is 1.95 bits per heavy atom. The Bertz CT molecular complexity index is 655. The van der Waals surface area contributed by atoms with Crippen molar-refractivity contribution < 1.29 is 13.9 Å². The van der Waals surface area contributed by atoms with Gasteiger partial charge in [-0.2, -0.15) is 0 Å². The number of halogens is 1. The quantitative estimate of drug-likeness (QED) is 0.862. The lowest BCUT2D eigenvalue weighted by molar-refractivity contribution is 0.0783. The summed E-state index contributed by atoms with van der Waals surface area (Å²) in [6, 6.07) is 11.7. The van der Waals surface area contributed by atoms with E-state index in [4.69, 9.17) is 4.74 Å². The van der Waals surface area contributed by atoms with Crippen LogP contribution in [0.3, 0.4) is 0 Å². The third-order valence-corrected chi connectivity index (χ3v) is 3.35. The molecule has 0 heterocycles. The average molecular weight is 287 g/mol. The smallest absolute Gasteiger partial charge is 0.253 e. The molecule has 2 aromatic rings. The van der Waals surface area contributed by atoms with E-state index in [-0.39, 0.29) is 18.3 Å². The summed E-state index contributed by atoms with van der Waals surface area (Å²) in [7, 11) is 3.25. The average Bonchev–Trinajstić information content (AvgIpc) is 2.48. The summed E-state index contributed by atoms with van der Waals surface area (Å²) in [6.07, 6.45) is 0. The van der Waals surface area contributed by atoms with Crippen LogP contribution < -0.4 is 4.74 Å². The van der Waals surface area contributed by atoms with Crippen molar-refractivity contribution >= 4 is 5.91 Å². The molecular weight excluding hydrogens is 269 g/mol. The number of ether oxygens (including phenoxy) is 1. The zero-order valence-electron chi connectivity index (χ0n) is 12.4. The molecule has 0 radical (unpaired) electrons. The summed E-state index contributed by atoms with van der Waals surface area (Å²) in [5.41, 5.74) is 1.95. The van der Waals surface area contributed by atoms with Crippen molar-refractivity contribution in [2.45, 2.75) is 13.5 Å². The Morgan fingerprint density at radius 1 is 1.24 bits per heavy atom. The summed E-state index contributed by atoms with van der Waals surface area (Å²) in [4.78, 5) is 13.9. The van der Waals surface area contributed by atoms with Gasteiger partial charge in [-0.1, -0.05) is 18.2 Å². The molecule has 0 aliphatic heterocycles. The molecule has 0 spiro atoms. The summed E-state index contributed by atoms with van der Waals surface area (Å²) in [5, 5.41) is 0. The molecule has 0 unspecified atom stereocenters. The fourth-order valence-electron chi connectivity index (χ4n) is 2.19. The van der Waals surface area contributed by atoms with E-state index in [1.807, 2.05) is 6.92 Å². The maximum absolute atomic E-state index is 13.6. The predicted octanol–water partition coefficient (Wildman–Crippen LogP) is 3.41. The Labute approximate surface area is 124 Å². The van der Waals surface area contributed by atoms with Crippen LogP contribution in [0, 0.1) is 12.7 Å². The Balaban J connectivity index is 2.16. The van der Waals surface area contributed by atoms with Crippen LogP contribution in [0.25, 0.3) is 0 Å². The summed E-state index contributed by atoms with van der Waals surface area (Å²) >= 11 is 0. The zero-order chi connectivity index (χ0) is 15.4. The lowest BCUT2D eigenvalue weighted by Gasteiger charge is -2.18. The van der Waals surface area contributed by atoms with E-state index in [9.17, 15) is 9.18 Å². The van der Waals surface area contributed by atoms with Crippen molar-refractivity contribution in [2.75, 3.05) is 14.2 Å². The van der Waals surface area contributed by atoms with Gasteiger partial charge in [0.25, 0.3) is 5.91 Å². The summed E-state index contributed by atoms with van der Waals surface area (Å²) < 4.78 is 18.8. The van der Waals surface area contributed by atoms with E-state index >= 15 is 0 Å². The van der Waals surface area contributed by atoms with Gasteiger partial charge in [0.2, 0.25) is 0 Å². The monoisotopic (exact) mass is 287 g/mol. The number of benzene rings is 2. The molecule has 0 bridgehead atoms. The van der Waals surface area contributed by atoms with Gasteiger partial charge in [-0.05, 0) is 36.8 Å².